The maximum absolute atomic E-state index is 8.84. The molecular formula is C11H14N2O. The maximum atomic E-state index is 8.84. The van der Waals surface area contributed by atoms with Crippen LogP contribution >= 0.6 is 0 Å². The Morgan fingerprint density at radius 2 is 2.14 bits per heavy atom. The highest BCUT2D eigenvalue weighted by Crippen LogP contribution is 2.09. The van der Waals surface area contributed by atoms with Gasteiger partial charge in [-0.05, 0) is 18.7 Å². The molecule has 0 spiro atoms. The van der Waals surface area contributed by atoms with Gasteiger partial charge in [0, 0.05) is 13.1 Å². The summed E-state index contributed by atoms with van der Waals surface area (Å²) in [7, 11) is 1.92. The average molecular weight is 190 g/mol. The molecule has 0 aliphatic carbocycles. The van der Waals surface area contributed by atoms with Crippen molar-refractivity contribution in [2.24, 2.45) is 0 Å². The van der Waals surface area contributed by atoms with Crippen LogP contribution in [0.2, 0.25) is 0 Å². The van der Waals surface area contributed by atoms with Gasteiger partial charge >= 0.3 is 0 Å². The predicted octanol–water partition coefficient (Wildman–Crippen LogP) is 0.982. The lowest BCUT2D eigenvalue weighted by atomic mass is 10.1. The summed E-state index contributed by atoms with van der Waals surface area (Å²) in [5, 5.41) is 17.6. The molecule has 0 saturated heterocycles. The predicted molar refractivity (Wildman–Crippen MR) is 54.6 cm³/mol. The van der Waals surface area contributed by atoms with Gasteiger partial charge in [0.2, 0.25) is 0 Å². The van der Waals surface area contributed by atoms with E-state index in [9.17, 15) is 0 Å². The van der Waals surface area contributed by atoms with Crippen LogP contribution in [0.25, 0.3) is 0 Å². The second kappa shape index (κ2) is 5.38. The number of hydrogen-bond donors (Lipinski definition) is 1. The van der Waals surface area contributed by atoms with Crippen LogP contribution in [0.3, 0.4) is 0 Å². The van der Waals surface area contributed by atoms with Crippen molar-refractivity contribution in [3.05, 3.63) is 35.4 Å². The number of nitrogens with zero attached hydrogens (tertiary/aromatic N) is 2. The first-order valence-electron chi connectivity index (χ1n) is 4.55. The minimum atomic E-state index is 0.144. The fourth-order valence-electron chi connectivity index (χ4n) is 1.31. The van der Waals surface area contributed by atoms with Crippen molar-refractivity contribution < 1.29 is 5.11 Å². The van der Waals surface area contributed by atoms with E-state index in [1.165, 1.54) is 0 Å². The molecule has 0 amide bonds. The SMILES string of the molecule is CN(CCO)Cc1ccccc1C#N. The number of hydrogen-bond acceptors (Lipinski definition) is 3. The van der Waals surface area contributed by atoms with Crippen molar-refractivity contribution in [1.82, 2.24) is 4.90 Å². The van der Waals surface area contributed by atoms with E-state index in [2.05, 4.69) is 6.07 Å². The molecule has 1 N–H and O–H groups in total. The van der Waals surface area contributed by atoms with Crippen molar-refractivity contribution in [1.29, 1.82) is 5.26 Å². The molecule has 0 unspecified atom stereocenters. The van der Waals surface area contributed by atoms with Gasteiger partial charge in [-0.2, -0.15) is 5.26 Å². The Kier molecular flexibility index (Phi) is 4.11. The van der Waals surface area contributed by atoms with Gasteiger partial charge in [0.05, 0.1) is 18.2 Å². The van der Waals surface area contributed by atoms with Crippen molar-refractivity contribution >= 4 is 0 Å². The maximum Gasteiger partial charge on any atom is 0.0995 e. The molecule has 3 nitrogen and oxygen atoms in total. The second-order valence-electron chi connectivity index (χ2n) is 3.23. The summed E-state index contributed by atoms with van der Waals surface area (Å²) in [5.41, 5.74) is 1.71. The number of rotatable bonds is 4. The average Bonchev–Trinajstić information content (AvgIpc) is 2.19. The van der Waals surface area contributed by atoms with E-state index in [1.54, 1.807) is 0 Å². The Hall–Kier alpha value is -1.37. The summed E-state index contributed by atoms with van der Waals surface area (Å²) in [6, 6.07) is 9.67. The van der Waals surface area contributed by atoms with Gasteiger partial charge in [-0.15, -0.1) is 0 Å². The highest BCUT2D eigenvalue weighted by Gasteiger charge is 2.03. The van der Waals surface area contributed by atoms with E-state index in [1.807, 2.05) is 36.2 Å². The molecule has 0 aliphatic rings. The molecule has 0 saturated carbocycles. The lowest BCUT2D eigenvalue weighted by Gasteiger charge is -2.15. The topological polar surface area (TPSA) is 47.3 Å². The van der Waals surface area contributed by atoms with E-state index in [0.29, 0.717) is 18.7 Å². The molecule has 74 valence electrons. The monoisotopic (exact) mass is 190 g/mol. The molecule has 1 rings (SSSR count). The number of aliphatic hydroxyl groups excluding tert-OH is 1. The highest BCUT2D eigenvalue weighted by atomic mass is 16.3. The third-order valence-electron chi connectivity index (χ3n) is 2.06. The summed E-state index contributed by atoms with van der Waals surface area (Å²) in [5.74, 6) is 0. The molecule has 0 fully saturated rings. The smallest absolute Gasteiger partial charge is 0.0995 e. The molecule has 0 radical (unpaired) electrons. The van der Waals surface area contributed by atoms with E-state index in [4.69, 9.17) is 10.4 Å². The van der Waals surface area contributed by atoms with Crippen molar-refractivity contribution in [3.8, 4) is 6.07 Å². The molecule has 14 heavy (non-hydrogen) atoms. The lowest BCUT2D eigenvalue weighted by Crippen LogP contribution is -2.21. The largest absolute Gasteiger partial charge is 0.395 e. The first-order chi connectivity index (χ1) is 6.77. The van der Waals surface area contributed by atoms with Gasteiger partial charge in [-0.3, -0.25) is 4.90 Å². The molecule has 0 aliphatic heterocycles. The van der Waals surface area contributed by atoms with Crippen LogP contribution in [0, 0.1) is 11.3 Å². The molecule has 1 aromatic rings. The van der Waals surface area contributed by atoms with E-state index >= 15 is 0 Å². The fraction of sp³-hybridized carbons (Fsp3) is 0.364. The Morgan fingerprint density at radius 3 is 2.79 bits per heavy atom. The van der Waals surface area contributed by atoms with Crippen LogP contribution in [0.15, 0.2) is 24.3 Å². The van der Waals surface area contributed by atoms with Crippen molar-refractivity contribution in [3.63, 3.8) is 0 Å². The Balaban J connectivity index is 2.71. The zero-order chi connectivity index (χ0) is 10.4. The van der Waals surface area contributed by atoms with Crippen LogP contribution in [0.1, 0.15) is 11.1 Å². The highest BCUT2D eigenvalue weighted by molar-refractivity contribution is 5.37. The number of likely N-dealkylation sites (N-methyl/N-ethyl adjacent to an activating group) is 1. The van der Waals surface area contributed by atoms with Crippen LogP contribution < -0.4 is 0 Å². The minimum Gasteiger partial charge on any atom is -0.395 e. The van der Waals surface area contributed by atoms with Gasteiger partial charge in [0.1, 0.15) is 0 Å². The van der Waals surface area contributed by atoms with E-state index in [0.717, 1.165) is 5.56 Å². The lowest BCUT2D eigenvalue weighted by molar-refractivity contribution is 0.217. The first-order valence-corrected chi connectivity index (χ1v) is 4.55. The number of aliphatic hydroxyl groups is 1. The van der Waals surface area contributed by atoms with E-state index < -0.39 is 0 Å². The second-order valence-corrected chi connectivity index (χ2v) is 3.23. The minimum absolute atomic E-state index is 0.144. The number of benzene rings is 1. The van der Waals surface area contributed by atoms with Crippen LogP contribution in [0.5, 0.6) is 0 Å². The van der Waals surface area contributed by atoms with Crippen molar-refractivity contribution in [2.75, 3.05) is 20.2 Å². The molecule has 3 heteroatoms. The molecule has 0 heterocycles. The zero-order valence-electron chi connectivity index (χ0n) is 8.27. The number of nitriles is 1. The van der Waals surface area contributed by atoms with Crippen LogP contribution in [-0.4, -0.2) is 30.2 Å². The Bertz CT molecular complexity index is 330. The molecule has 0 bridgehead atoms. The summed E-state index contributed by atoms with van der Waals surface area (Å²) in [4.78, 5) is 1.98. The Labute approximate surface area is 84.2 Å². The van der Waals surface area contributed by atoms with Crippen LogP contribution in [-0.2, 0) is 6.54 Å². The molecule has 0 atom stereocenters. The Morgan fingerprint density at radius 1 is 1.43 bits per heavy atom. The molecule has 0 aromatic heterocycles. The summed E-state index contributed by atoms with van der Waals surface area (Å²) in [6.45, 7) is 1.47. The van der Waals surface area contributed by atoms with Gasteiger partial charge in [0.15, 0.2) is 0 Å². The molecule has 1 aromatic carbocycles. The van der Waals surface area contributed by atoms with Crippen LogP contribution in [0.4, 0.5) is 0 Å². The summed E-state index contributed by atoms with van der Waals surface area (Å²) in [6.07, 6.45) is 0. The van der Waals surface area contributed by atoms with Gasteiger partial charge in [-0.1, -0.05) is 18.2 Å². The quantitative estimate of drug-likeness (QED) is 0.770. The fourth-order valence-corrected chi connectivity index (χ4v) is 1.31. The third kappa shape index (κ3) is 2.84. The summed E-state index contributed by atoms with van der Waals surface area (Å²) >= 11 is 0. The summed E-state index contributed by atoms with van der Waals surface area (Å²) < 4.78 is 0. The van der Waals surface area contributed by atoms with Crippen molar-refractivity contribution in [2.45, 2.75) is 6.54 Å². The van der Waals surface area contributed by atoms with Gasteiger partial charge in [-0.25, -0.2) is 0 Å². The van der Waals surface area contributed by atoms with Gasteiger partial charge in [0.25, 0.3) is 0 Å². The van der Waals surface area contributed by atoms with Gasteiger partial charge < -0.3 is 5.11 Å². The normalized spacial score (nSPS) is 10.1. The zero-order valence-corrected chi connectivity index (χ0v) is 8.27. The third-order valence-corrected chi connectivity index (χ3v) is 2.06. The van der Waals surface area contributed by atoms with E-state index in [-0.39, 0.29) is 6.61 Å². The molecular weight excluding hydrogens is 176 g/mol. The standard InChI is InChI=1S/C11H14N2O/c1-13(6-7-14)9-11-5-3-2-4-10(11)8-12/h2-5,14H,6-7,9H2,1H3. The first kappa shape index (κ1) is 10.7.